The average molecular weight is 301 g/mol. The molecule has 0 bridgehead atoms. The van der Waals surface area contributed by atoms with Crippen LogP contribution >= 0.6 is 0 Å². The summed E-state index contributed by atoms with van der Waals surface area (Å²) in [5.74, 6) is 1.15. The Hall–Kier alpha value is -2.49. The van der Waals surface area contributed by atoms with Gasteiger partial charge in [0.05, 0.1) is 0 Å². The largest absolute Gasteiger partial charge is 0.508 e. The van der Waals surface area contributed by atoms with Crippen LogP contribution in [0.3, 0.4) is 0 Å². The fourth-order valence-corrected chi connectivity index (χ4v) is 2.16. The van der Waals surface area contributed by atoms with Crippen LogP contribution in [0.15, 0.2) is 30.3 Å². The van der Waals surface area contributed by atoms with Crippen LogP contribution in [0, 0.1) is 27.7 Å². The molecule has 2 aromatic carbocycles. The van der Waals surface area contributed by atoms with Crippen LogP contribution in [-0.4, -0.2) is 11.5 Å². The first-order valence-electron chi connectivity index (χ1n) is 7.04. The van der Waals surface area contributed by atoms with Crippen molar-refractivity contribution in [3.8, 4) is 11.5 Å². The van der Waals surface area contributed by atoms with Gasteiger partial charge in [0.15, 0.2) is 0 Å². The second-order valence-electron chi connectivity index (χ2n) is 5.20. The van der Waals surface area contributed by atoms with Crippen LogP contribution < -0.4 is 10.5 Å². The molecule has 0 spiro atoms. The predicted octanol–water partition coefficient (Wildman–Crippen LogP) is 3.31. The fourth-order valence-electron chi connectivity index (χ4n) is 2.16. The summed E-state index contributed by atoms with van der Waals surface area (Å²) in [6, 6.07) is 9.89. The molecule has 0 aliphatic carbocycles. The molecule has 0 saturated heterocycles. The topological polar surface area (TPSA) is 72.6 Å². The van der Waals surface area contributed by atoms with Crippen LogP contribution in [0.5, 0.6) is 11.5 Å². The van der Waals surface area contributed by atoms with Gasteiger partial charge in [-0.3, -0.25) is 4.79 Å². The molecule has 1 amide bonds. The third-order valence-corrected chi connectivity index (χ3v) is 3.51. The lowest BCUT2D eigenvalue weighted by Gasteiger charge is -2.14. The summed E-state index contributed by atoms with van der Waals surface area (Å²) in [5, 5.41) is 9.64. The third kappa shape index (κ3) is 4.52. The minimum Gasteiger partial charge on any atom is -0.508 e. The maximum absolute atomic E-state index is 9.64. The number of hydrogen-bond acceptors (Lipinski definition) is 3. The fraction of sp³-hybridized carbons (Fsp3) is 0.278. The number of phenols is 1. The highest BCUT2D eigenvalue weighted by molar-refractivity contribution is 5.44. The number of nitrogens with two attached hydrogens (primary N) is 1. The van der Waals surface area contributed by atoms with Gasteiger partial charge in [-0.2, -0.15) is 0 Å². The van der Waals surface area contributed by atoms with E-state index in [0.717, 1.165) is 16.9 Å². The van der Waals surface area contributed by atoms with Crippen molar-refractivity contribution in [1.29, 1.82) is 0 Å². The summed E-state index contributed by atoms with van der Waals surface area (Å²) < 4.78 is 5.91. The van der Waals surface area contributed by atoms with Crippen molar-refractivity contribution in [2.24, 2.45) is 5.73 Å². The van der Waals surface area contributed by atoms with Gasteiger partial charge in [-0.05, 0) is 67.6 Å². The molecule has 22 heavy (non-hydrogen) atoms. The maximum atomic E-state index is 9.64. The molecular formula is C18H23NO3. The molecule has 0 saturated carbocycles. The molecule has 0 aliphatic rings. The standard InChI is InChI=1S/C17H20O2.CH3NO/c1-11-6-5-7-12(2)15(11)10-19-17-9-13(3)16(18)8-14(17)4;2-1-3/h5-9,18H,10H2,1-4H3;1H,(H2,2,3). The molecule has 2 aromatic rings. The van der Waals surface area contributed by atoms with Gasteiger partial charge < -0.3 is 15.6 Å². The highest BCUT2D eigenvalue weighted by Crippen LogP contribution is 2.28. The molecule has 3 N–H and O–H groups in total. The van der Waals surface area contributed by atoms with E-state index in [4.69, 9.17) is 9.53 Å². The van der Waals surface area contributed by atoms with E-state index in [1.165, 1.54) is 16.7 Å². The molecule has 2 rings (SSSR count). The molecule has 118 valence electrons. The normalized spacial score (nSPS) is 9.64. The van der Waals surface area contributed by atoms with Crippen LogP contribution in [0.1, 0.15) is 27.8 Å². The lowest BCUT2D eigenvalue weighted by molar-refractivity contribution is -0.106. The van der Waals surface area contributed by atoms with Crippen molar-refractivity contribution in [3.63, 3.8) is 0 Å². The van der Waals surface area contributed by atoms with Crippen molar-refractivity contribution >= 4 is 6.41 Å². The van der Waals surface area contributed by atoms with Gasteiger partial charge in [0.1, 0.15) is 18.1 Å². The number of carbonyl (C=O) groups excluding carboxylic acids is 1. The Morgan fingerprint density at radius 2 is 1.59 bits per heavy atom. The number of hydrogen-bond donors (Lipinski definition) is 2. The van der Waals surface area contributed by atoms with Gasteiger partial charge in [-0.1, -0.05) is 18.2 Å². The molecule has 0 fully saturated rings. The summed E-state index contributed by atoms with van der Waals surface area (Å²) in [5.41, 5.74) is 9.67. The molecule has 4 heteroatoms. The number of rotatable bonds is 3. The number of primary amides is 1. The minimum absolute atomic E-state index is 0.250. The third-order valence-electron chi connectivity index (χ3n) is 3.51. The molecule has 0 aliphatic heterocycles. The van der Waals surface area contributed by atoms with E-state index in [9.17, 15) is 5.11 Å². The quantitative estimate of drug-likeness (QED) is 0.854. The second-order valence-corrected chi connectivity index (χ2v) is 5.20. The van der Waals surface area contributed by atoms with Crippen LogP contribution in [0.4, 0.5) is 0 Å². The SMILES string of the molecule is Cc1cc(OCc2c(C)cccc2C)c(C)cc1O.NC=O. The maximum Gasteiger partial charge on any atom is 0.204 e. The predicted molar refractivity (Wildman–Crippen MR) is 88.1 cm³/mol. The second kappa shape index (κ2) is 8.08. The molecular weight excluding hydrogens is 278 g/mol. The van der Waals surface area contributed by atoms with E-state index in [2.05, 4.69) is 37.8 Å². The highest BCUT2D eigenvalue weighted by atomic mass is 16.5. The van der Waals surface area contributed by atoms with Crippen LogP contribution in [-0.2, 0) is 11.4 Å². The first kappa shape index (κ1) is 17.6. The number of phenolic OH excluding ortho intramolecular Hbond substituents is 1. The smallest absolute Gasteiger partial charge is 0.204 e. The van der Waals surface area contributed by atoms with Crippen molar-refractivity contribution < 1.29 is 14.6 Å². The molecule has 0 atom stereocenters. The zero-order chi connectivity index (χ0) is 16.7. The monoisotopic (exact) mass is 301 g/mol. The highest BCUT2D eigenvalue weighted by Gasteiger charge is 2.07. The average Bonchev–Trinajstić information content (AvgIpc) is 2.44. The Morgan fingerprint density at radius 1 is 1.05 bits per heavy atom. The Morgan fingerprint density at radius 3 is 2.14 bits per heavy atom. The van der Waals surface area contributed by atoms with Crippen LogP contribution in [0.25, 0.3) is 0 Å². The molecule has 0 unspecified atom stereocenters. The number of ether oxygens (including phenoxy) is 1. The lowest BCUT2D eigenvalue weighted by atomic mass is 10.0. The van der Waals surface area contributed by atoms with Gasteiger partial charge in [0.2, 0.25) is 6.41 Å². The number of carbonyl (C=O) groups is 1. The van der Waals surface area contributed by atoms with E-state index in [-0.39, 0.29) is 6.41 Å². The van der Waals surface area contributed by atoms with Crippen LogP contribution in [0.2, 0.25) is 0 Å². The Labute approximate surface area is 131 Å². The van der Waals surface area contributed by atoms with Crippen molar-refractivity contribution in [1.82, 2.24) is 0 Å². The van der Waals surface area contributed by atoms with E-state index < -0.39 is 0 Å². The van der Waals surface area contributed by atoms with E-state index in [1.807, 2.05) is 19.9 Å². The number of aromatic hydroxyl groups is 1. The molecule has 4 nitrogen and oxygen atoms in total. The molecule has 0 radical (unpaired) electrons. The molecule has 0 aromatic heterocycles. The van der Waals surface area contributed by atoms with E-state index in [0.29, 0.717) is 12.4 Å². The summed E-state index contributed by atoms with van der Waals surface area (Å²) >= 11 is 0. The zero-order valence-electron chi connectivity index (χ0n) is 13.5. The Bertz CT molecular complexity index is 631. The Kier molecular flexibility index (Phi) is 6.45. The van der Waals surface area contributed by atoms with Crippen molar-refractivity contribution in [2.45, 2.75) is 34.3 Å². The van der Waals surface area contributed by atoms with Gasteiger partial charge in [0, 0.05) is 0 Å². The summed E-state index contributed by atoms with van der Waals surface area (Å²) in [6.45, 7) is 8.57. The number of benzene rings is 2. The zero-order valence-corrected chi connectivity index (χ0v) is 13.5. The lowest BCUT2D eigenvalue weighted by Crippen LogP contribution is -2.01. The van der Waals surface area contributed by atoms with Crippen molar-refractivity contribution in [2.75, 3.05) is 0 Å². The van der Waals surface area contributed by atoms with Crippen molar-refractivity contribution in [3.05, 3.63) is 58.1 Å². The first-order valence-corrected chi connectivity index (χ1v) is 7.04. The minimum atomic E-state index is 0.250. The number of aryl methyl sites for hydroxylation is 4. The van der Waals surface area contributed by atoms with Gasteiger partial charge >= 0.3 is 0 Å². The van der Waals surface area contributed by atoms with Gasteiger partial charge in [-0.15, -0.1) is 0 Å². The number of amides is 1. The molecule has 0 heterocycles. The van der Waals surface area contributed by atoms with Gasteiger partial charge in [-0.25, -0.2) is 0 Å². The van der Waals surface area contributed by atoms with E-state index in [1.54, 1.807) is 6.07 Å². The summed E-state index contributed by atoms with van der Waals surface area (Å²) in [7, 11) is 0. The Balaban J connectivity index is 0.000000745. The van der Waals surface area contributed by atoms with Gasteiger partial charge in [0.25, 0.3) is 0 Å². The van der Waals surface area contributed by atoms with E-state index >= 15 is 0 Å². The first-order chi connectivity index (χ1) is 10.4. The summed E-state index contributed by atoms with van der Waals surface area (Å²) in [6.07, 6.45) is 0.250. The summed E-state index contributed by atoms with van der Waals surface area (Å²) in [4.78, 5) is 8.58.